The van der Waals surface area contributed by atoms with Gasteiger partial charge in [0.2, 0.25) is 0 Å². The highest BCUT2D eigenvalue weighted by atomic mass is 16.5. The first kappa shape index (κ1) is 23.9. The fraction of sp³-hybridized carbons (Fsp3) is 0.800. The molecule has 5 heteroatoms. The molecule has 2 heterocycles. The highest BCUT2D eigenvalue weighted by Gasteiger charge is 2.86. The third-order valence-electron chi connectivity index (χ3n) is 11.7. The molecule has 0 amide bonds. The van der Waals surface area contributed by atoms with Gasteiger partial charge in [0.05, 0.1) is 17.6 Å². The topological polar surface area (TPSA) is 66.8 Å². The number of carboxylic acids is 1. The van der Waals surface area contributed by atoms with Crippen molar-refractivity contribution in [3.8, 4) is 0 Å². The molecule has 2 aliphatic heterocycles. The average molecular weight is 482 g/mol. The molecule has 0 aromatic carbocycles. The fourth-order valence-electron chi connectivity index (χ4n) is 10.4. The van der Waals surface area contributed by atoms with E-state index in [9.17, 15) is 14.7 Å². The van der Waals surface area contributed by atoms with Crippen molar-refractivity contribution in [2.75, 3.05) is 19.6 Å². The van der Waals surface area contributed by atoms with E-state index in [0.29, 0.717) is 18.3 Å². The number of nitrogens with zero attached hydrogens (tertiary/aromatic N) is 1. The van der Waals surface area contributed by atoms with Gasteiger partial charge in [0.15, 0.2) is 0 Å². The lowest BCUT2D eigenvalue weighted by atomic mass is 9.41. The second kappa shape index (κ2) is 8.02. The Hall–Kier alpha value is -1.46. The number of carboxylic acid groups (broad SMARTS) is 1. The highest BCUT2D eigenvalue weighted by Crippen LogP contribution is 2.84. The van der Waals surface area contributed by atoms with Crippen LogP contribution in [-0.4, -0.2) is 54.1 Å². The Morgan fingerprint density at radius 3 is 2.63 bits per heavy atom. The van der Waals surface area contributed by atoms with Crippen LogP contribution in [-0.2, 0) is 14.3 Å². The number of carbonyl (C=O) groups excluding carboxylic acids is 1. The molecule has 6 aliphatic rings. The Morgan fingerprint density at radius 2 is 1.97 bits per heavy atom. The summed E-state index contributed by atoms with van der Waals surface area (Å²) in [6.07, 6.45) is 11.2. The quantitative estimate of drug-likeness (QED) is 0.422. The van der Waals surface area contributed by atoms with Crippen LogP contribution in [0.25, 0.3) is 0 Å². The number of rotatable bonds is 6. The Labute approximate surface area is 210 Å². The van der Waals surface area contributed by atoms with Crippen LogP contribution in [0, 0.1) is 45.8 Å². The summed E-state index contributed by atoms with van der Waals surface area (Å²) in [6, 6.07) is 0. The molecule has 6 unspecified atom stereocenters. The zero-order valence-corrected chi connectivity index (χ0v) is 21.8. The van der Waals surface area contributed by atoms with Gasteiger partial charge < -0.3 is 19.5 Å². The first-order valence-electron chi connectivity index (χ1n) is 14.2. The maximum Gasteiger partial charge on any atom is 0.315 e. The fourth-order valence-corrected chi connectivity index (χ4v) is 10.4. The molecule has 0 aromatic heterocycles. The lowest BCUT2D eigenvalue weighted by Crippen LogP contribution is -2.65. The van der Waals surface area contributed by atoms with E-state index in [1.54, 1.807) is 0 Å². The van der Waals surface area contributed by atoms with Gasteiger partial charge in [0, 0.05) is 25.0 Å². The average Bonchev–Trinajstić information content (AvgIpc) is 3.55. The summed E-state index contributed by atoms with van der Waals surface area (Å²) in [5.41, 5.74) is -0.0393. The molecule has 35 heavy (non-hydrogen) atoms. The Kier molecular flexibility index (Phi) is 5.48. The predicted molar refractivity (Wildman–Crippen MR) is 135 cm³/mol. The van der Waals surface area contributed by atoms with Crippen LogP contribution in [0.3, 0.4) is 0 Å². The molecule has 9 atom stereocenters. The number of hydrogen-bond acceptors (Lipinski definition) is 4. The molecule has 0 spiro atoms. The molecule has 4 aliphatic carbocycles. The van der Waals surface area contributed by atoms with Crippen LogP contribution in [0.15, 0.2) is 23.8 Å². The number of likely N-dealkylation sites (tertiary alicyclic amines) is 1. The first-order valence-corrected chi connectivity index (χ1v) is 14.2. The van der Waals surface area contributed by atoms with Gasteiger partial charge in [0.1, 0.15) is 11.7 Å². The minimum absolute atomic E-state index is 0.0866. The Bertz CT molecular complexity index is 961. The van der Waals surface area contributed by atoms with E-state index in [1.165, 1.54) is 5.57 Å². The summed E-state index contributed by atoms with van der Waals surface area (Å²) in [5, 5.41) is 11.2. The van der Waals surface area contributed by atoms with Crippen molar-refractivity contribution in [1.29, 1.82) is 0 Å². The summed E-state index contributed by atoms with van der Waals surface area (Å²) in [6.45, 7) is 13.7. The summed E-state index contributed by atoms with van der Waals surface area (Å²) in [7, 11) is 0. The number of allylic oxidation sites excluding steroid dienone is 1. The van der Waals surface area contributed by atoms with E-state index in [2.05, 4.69) is 38.3 Å². The third-order valence-corrected chi connectivity index (χ3v) is 11.7. The van der Waals surface area contributed by atoms with Crippen molar-refractivity contribution in [3.05, 3.63) is 23.8 Å². The number of aldehydes is 1. The molecule has 3 saturated carbocycles. The van der Waals surface area contributed by atoms with Crippen molar-refractivity contribution < 1.29 is 19.4 Å². The smallest absolute Gasteiger partial charge is 0.315 e. The van der Waals surface area contributed by atoms with E-state index < -0.39 is 22.2 Å². The minimum Gasteiger partial charge on any atom is -0.481 e. The lowest BCUT2D eigenvalue weighted by Gasteiger charge is -2.60. The number of aliphatic carboxylic acids is 1. The Balaban J connectivity index is 1.40. The van der Waals surface area contributed by atoms with Crippen molar-refractivity contribution in [1.82, 2.24) is 4.90 Å². The van der Waals surface area contributed by atoms with E-state index in [1.807, 2.05) is 0 Å². The second-order valence-electron chi connectivity index (χ2n) is 13.2. The summed E-state index contributed by atoms with van der Waals surface area (Å²) < 4.78 is 6.93. The largest absolute Gasteiger partial charge is 0.481 e. The molecule has 6 rings (SSSR count). The predicted octanol–water partition coefficient (Wildman–Crippen LogP) is 5.11. The van der Waals surface area contributed by atoms with Gasteiger partial charge >= 0.3 is 5.97 Å². The van der Waals surface area contributed by atoms with Gasteiger partial charge in [-0.3, -0.25) is 4.79 Å². The Morgan fingerprint density at radius 1 is 1.23 bits per heavy atom. The second-order valence-corrected chi connectivity index (χ2v) is 13.2. The van der Waals surface area contributed by atoms with Crippen LogP contribution >= 0.6 is 0 Å². The molecule has 0 radical (unpaired) electrons. The van der Waals surface area contributed by atoms with E-state index in [-0.39, 0.29) is 30.0 Å². The van der Waals surface area contributed by atoms with E-state index in [0.717, 1.165) is 76.4 Å². The summed E-state index contributed by atoms with van der Waals surface area (Å²) in [5.74, 6) is 0.636. The van der Waals surface area contributed by atoms with Crippen LogP contribution in [0.1, 0.15) is 72.1 Å². The number of ether oxygens (including phenoxy) is 1. The number of hydrogen-bond donors (Lipinski definition) is 1. The zero-order chi connectivity index (χ0) is 24.8. The number of fused-ring (bicyclic) bond motifs is 2. The third kappa shape index (κ3) is 2.83. The highest BCUT2D eigenvalue weighted by molar-refractivity contribution is 5.90. The summed E-state index contributed by atoms with van der Waals surface area (Å²) in [4.78, 5) is 29.4. The lowest BCUT2D eigenvalue weighted by molar-refractivity contribution is -0.197. The normalized spacial score (nSPS) is 48.9. The van der Waals surface area contributed by atoms with Crippen molar-refractivity contribution in [2.24, 2.45) is 45.8 Å². The first-order chi connectivity index (χ1) is 16.7. The van der Waals surface area contributed by atoms with Crippen molar-refractivity contribution in [2.45, 2.75) is 84.3 Å². The SMILES string of the molecule is C=C1CCN(CC2CCC(C34C[C@@H]5[C@H](C)CC[C@H]5C5(C=O)CC3C=C(C(C)C)C45C(=O)O)O2)CC1. The number of carbonyl (C=O) groups is 2. The molecule has 4 bridgehead atoms. The van der Waals surface area contributed by atoms with Crippen LogP contribution in [0.5, 0.6) is 0 Å². The molecule has 0 aromatic rings. The molecule has 1 N–H and O–H groups in total. The summed E-state index contributed by atoms with van der Waals surface area (Å²) >= 11 is 0. The van der Waals surface area contributed by atoms with Crippen LogP contribution in [0.4, 0.5) is 0 Å². The monoisotopic (exact) mass is 481 g/mol. The maximum atomic E-state index is 13.7. The van der Waals surface area contributed by atoms with Gasteiger partial charge in [-0.25, -0.2) is 0 Å². The van der Waals surface area contributed by atoms with Gasteiger partial charge in [-0.2, -0.15) is 0 Å². The van der Waals surface area contributed by atoms with Crippen molar-refractivity contribution in [3.63, 3.8) is 0 Å². The van der Waals surface area contributed by atoms with E-state index in [4.69, 9.17) is 4.74 Å². The van der Waals surface area contributed by atoms with Gasteiger partial charge in [-0.1, -0.05) is 51.0 Å². The standard InChI is InChI=1S/C30H43NO4/c1-18(2)25-13-21-14-28(17-32)24-7-5-20(4)23(24)15-29(21,30(25,28)27(33)34)26-8-6-22(35-26)16-31-11-9-19(3)10-12-31/h13,17-18,20-24,26H,3,5-12,14-16H2,1-2,4H3,(H,33,34)/t20-,21?,22?,23-,24-,26?,28?,29?,30?/m1/s1. The van der Waals surface area contributed by atoms with Gasteiger partial charge in [0.25, 0.3) is 0 Å². The van der Waals surface area contributed by atoms with E-state index >= 15 is 0 Å². The maximum absolute atomic E-state index is 13.7. The zero-order valence-electron chi connectivity index (χ0n) is 21.8. The molecule has 5 fully saturated rings. The molecular formula is C30H43NO4. The van der Waals surface area contributed by atoms with Crippen LogP contribution < -0.4 is 0 Å². The van der Waals surface area contributed by atoms with Crippen molar-refractivity contribution >= 4 is 12.3 Å². The molecule has 192 valence electrons. The molecular weight excluding hydrogens is 438 g/mol. The van der Waals surface area contributed by atoms with Gasteiger partial charge in [-0.05, 0) is 74.5 Å². The molecule has 5 nitrogen and oxygen atoms in total. The van der Waals surface area contributed by atoms with Gasteiger partial charge in [-0.15, -0.1) is 0 Å². The van der Waals surface area contributed by atoms with Crippen LogP contribution in [0.2, 0.25) is 0 Å². The minimum atomic E-state index is -1.12. The molecule has 2 saturated heterocycles. The number of piperidine rings is 1.